The van der Waals surface area contributed by atoms with Crippen LogP contribution in [0.3, 0.4) is 0 Å². The number of likely N-dealkylation sites (tertiary alicyclic amines) is 1. The van der Waals surface area contributed by atoms with Gasteiger partial charge in [-0.15, -0.1) is 0 Å². The minimum atomic E-state index is 0.143. The van der Waals surface area contributed by atoms with Crippen LogP contribution >= 0.6 is 0 Å². The maximum absolute atomic E-state index is 13.3. The van der Waals surface area contributed by atoms with Gasteiger partial charge < -0.3 is 20.3 Å². The predicted molar refractivity (Wildman–Crippen MR) is 141 cm³/mol. The molecule has 34 heavy (non-hydrogen) atoms. The molecule has 1 aromatic carbocycles. The molecular formula is C29H49N3O2. The third kappa shape index (κ3) is 8.88. The van der Waals surface area contributed by atoms with Crippen LogP contribution in [-0.4, -0.2) is 56.9 Å². The van der Waals surface area contributed by atoms with Crippen molar-refractivity contribution in [3.05, 3.63) is 35.9 Å². The van der Waals surface area contributed by atoms with Crippen LogP contribution in [0.4, 0.5) is 4.79 Å². The monoisotopic (exact) mass is 471 g/mol. The molecule has 1 aliphatic heterocycles. The first kappa shape index (κ1) is 27.0. The molecule has 1 aliphatic carbocycles. The van der Waals surface area contributed by atoms with E-state index < -0.39 is 0 Å². The van der Waals surface area contributed by atoms with Crippen LogP contribution in [-0.2, 0) is 4.74 Å². The summed E-state index contributed by atoms with van der Waals surface area (Å²) in [5.41, 5.74) is 1.43. The van der Waals surface area contributed by atoms with Crippen LogP contribution in [0.15, 0.2) is 30.3 Å². The van der Waals surface area contributed by atoms with Gasteiger partial charge in [0.25, 0.3) is 0 Å². The second kappa shape index (κ2) is 15.4. The zero-order chi connectivity index (χ0) is 24.0. The summed E-state index contributed by atoms with van der Waals surface area (Å²) in [6, 6.07) is 11.3. The number of benzene rings is 1. The Balaban J connectivity index is 1.58. The lowest BCUT2D eigenvalue weighted by atomic mass is 9.78. The Kier molecular flexibility index (Phi) is 12.2. The molecule has 1 heterocycles. The van der Waals surface area contributed by atoms with Gasteiger partial charge in [-0.1, -0.05) is 68.9 Å². The Morgan fingerprint density at radius 2 is 1.88 bits per heavy atom. The number of carbonyl (C=O) groups is 1. The smallest absolute Gasteiger partial charge is 0.317 e. The Morgan fingerprint density at radius 1 is 1.09 bits per heavy atom. The second-order valence-electron chi connectivity index (χ2n) is 10.5. The summed E-state index contributed by atoms with van der Waals surface area (Å²) < 4.78 is 5.56. The van der Waals surface area contributed by atoms with Crippen molar-refractivity contribution in [3.8, 4) is 0 Å². The van der Waals surface area contributed by atoms with E-state index in [1.807, 2.05) is 7.05 Å². The molecule has 0 unspecified atom stereocenters. The molecule has 192 valence electrons. The number of likely N-dealkylation sites (N-methyl/N-ethyl adjacent to an activating group) is 1. The number of hydrogen-bond donors (Lipinski definition) is 2. The molecule has 1 saturated heterocycles. The summed E-state index contributed by atoms with van der Waals surface area (Å²) in [6.07, 6.45) is 13.6. The van der Waals surface area contributed by atoms with E-state index in [4.69, 9.17) is 4.74 Å². The number of carbonyl (C=O) groups excluding carboxylic acids is 1. The Morgan fingerprint density at radius 3 is 2.62 bits per heavy atom. The van der Waals surface area contributed by atoms with E-state index in [9.17, 15) is 4.79 Å². The molecule has 3 atom stereocenters. The molecule has 2 N–H and O–H groups in total. The molecule has 0 radical (unpaired) electrons. The fourth-order valence-corrected chi connectivity index (χ4v) is 6.14. The SMILES string of the molecule is CCOCCCC[C@H](c1ccccc1)[C@@H]1CCCN(C(=O)N[C@H](CNC)CC2CCCCC2)C1. The quantitative estimate of drug-likeness (QED) is 0.349. The average molecular weight is 472 g/mol. The molecule has 5 nitrogen and oxygen atoms in total. The Hall–Kier alpha value is -1.59. The highest BCUT2D eigenvalue weighted by Crippen LogP contribution is 2.36. The minimum absolute atomic E-state index is 0.143. The summed E-state index contributed by atoms with van der Waals surface area (Å²) >= 11 is 0. The van der Waals surface area contributed by atoms with Crippen molar-refractivity contribution in [1.29, 1.82) is 0 Å². The van der Waals surface area contributed by atoms with Crippen LogP contribution < -0.4 is 10.6 Å². The van der Waals surface area contributed by atoms with Crippen molar-refractivity contribution >= 4 is 6.03 Å². The molecule has 2 fully saturated rings. The minimum Gasteiger partial charge on any atom is -0.382 e. The van der Waals surface area contributed by atoms with Crippen LogP contribution in [0.2, 0.25) is 0 Å². The van der Waals surface area contributed by atoms with Gasteiger partial charge in [-0.2, -0.15) is 0 Å². The number of nitrogens with zero attached hydrogens (tertiary/aromatic N) is 1. The maximum atomic E-state index is 13.3. The fraction of sp³-hybridized carbons (Fsp3) is 0.759. The molecule has 0 aromatic heterocycles. The lowest BCUT2D eigenvalue weighted by Gasteiger charge is -2.38. The van der Waals surface area contributed by atoms with Crippen molar-refractivity contribution in [2.75, 3.05) is 39.9 Å². The average Bonchev–Trinajstić information content (AvgIpc) is 2.87. The molecule has 2 amide bonds. The standard InChI is InChI=1S/C29H49N3O2/c1-3-34-20-11-10-18-28(25-15-8-5-9-16-25)26-17-12-19-32(23-26)29(33)31-27(22-30-2)21-24-13-6-4-7-14-24/h5,8-9,15-16,24,26-28,30H,3-4,6-7,10-14,17-23H2,1-2H3,(H,31,33)/t26-,27+,28-/m1/s1. The highest BCUT2D eigenvalue weighted by Gasteiger charge is 2.31. The molecule has 0 bridgehead atoms. The second-order valence-corrected chi connectivity index (χ2v) is 10.5. The van der Waals surface area contributed by atoms with Crippen LogP contribution in [0, 0.1) is 11.8 Å². The number of hydrogen-bond acceptors (Lipinski definition) is 3. The number of unbranched alkanes of at least 4 members (excludes halogenated alkanes) is 1. The van der Waals surface area contributed by atoms with Gasteiger partial charge in [0.2, 0.25) is 0 Å². The first-order valence-electron chi connectivity index (χ1n) is 14.0. The lowest BCUT2D eigenvalue weighted by Crippen LogP contribution is -2.51. The van der Waals surface area contributed by atoms with E-state index in [0.717, 1.165) is 58.0 Å². The van der Waals surface area contributed by atoms with Crippen molar-refractivity contribution in [2.24, 2.45) is 11.8 Å². The zero-order valence-electron chi connectivity index (χ0n) is 21.8. The number of nitrogens with one attached hydrogen (secondary N) is 2. The van der Waals surface area contributed by atoms with E-state index in [-0.39, 0.29) is 12.1 Å². The van der Waals surface area contributed by atoms with Crippen molar-refractivity contribution in [2.45, 2.75) is 89.5 Å². The predicted octanol–water partition coefficient (Wildman–Crippen LogP) is 5.96. The summed E-state index contributed by atoms with van der Waals surface area (Å²) in [4.78, 5) is 15.4. The molecule has 2 aliphatic rings. The topological polar surface area (TPSA) is 53.6 Å². The Bertz CT molecular complexity index is 677. The van der Waals surface area contributed by atoms with Crippen LogP contribution in [0.25, 0.3) is 0 Å². The van der Waals surface area contributed by atoms with Crippen LogP contribution in [0.5, 0.6) is 0 Å². The van der Waals surface area contributed by atoms with Crippen LogP contribution in [0.1, 0.15) is 89.0 Å². The van der Waals surface area contributed by atoms with E-state index in [1.165, 1.54) is 56.9 Å². The maximum Gasteiger partial charge on any atom is 0.317 e. The number of ether oxygens (including phenoxy) is 1. The highest BCUT2D eigenvalue weighted by molar-refractivity contribution is 5.74. The zero-order valence-corrected chi connectivity index (χ0v) is 21.8. The summed E-state index contributed by atoms with van der Waals surface area (Å²) in [5.74, 6) is 1.80. The van der Waals surface area contributed by atoms with Gasteiger partial charge in [0, 0.05) is 38.9 Å². The highest BCUT2D eigenvalue weighted by atomic mass is 16.5. The van der Waals surface area contributed by atoms with Gasteiger partial charge in [0.15, 0.2) is 0 Å². The van der Waals surface area contributed by atoms with Gasteiger partial charge in [0.1, 0.15) is 0 Å². The molecule has 1 aromatic rings. The number of urea groups is 1. The van der Waals surface area contributed by atoms with Crippen molar-refractivity contribution < 1.29 is 9.53 Å². The third-order valence-corrected chi connectivity index (χ3v) is 7.92. The van der Waals surface area contributed by atoms with Gasteiger partial charge >= 0.3 is 6.03 Å². The van der Waals surface area contributed by atoms with Gasteiger partial charge in [-0.3, -0.25) is 0 Å². The van der Waals surface area contributed by atoms with Gasteiger partial charge in [-0.05, 0) is 69.4 Å². The van der Waals surface area contributed by atoms with E-state index in [2.05, 4.69) is 52.8 Å². The summed E-state index contributed by atoms with van der Waals surface area (Å²) in [7, 11) is 1.99. The first-order chi connectivity index (χ1) is 16.7. The normalized spacial score (nSPS) is 21.2. The largest absolute Gasteiger partial charge is 0.382 e. The van der Waals surface area contributed by atoms with E-state index in [0.29, 0.717) is 11.8 Å². The van der Waals surface area contributed by atoms with Gasteiger partial charge in [-0.25, -0.2) is 4.79 Å². The lowest BCUT2D eigenvalue weighted by molar-refractivity contribution is 0.136. The fourth-order valence-electron chi connectivity index (χ4n) is 6.14. The molecular weight excluding hydrogens is 422 g/mol. The third-order valence-electron chi connectivity index (χ3n) is 7.92. The number of rotatable bonds is 13. The first-order valence-corrected chi connectivity index (χ1v) is 14.0. The van der Waals surface area contributed by atoms with Crippen molar-refractivity contribution in [3.63, 3.8) is 0 Å². The van der Waals surface area contributed by atoms with Crippen molar-refractivity contribution in [1.82, 2.24) is 15.5 Å². The van der Waals surface area contributed by atoms with Gasteiger partial charge in [0.05, 0.1) is 0 Å². The molecule has 5 heteroatoms. The number of piperidine rings is 1. The molecule has 3 rings (SSSR count). The summed E-state index contributed by atoms with van der Waals surface area (Å²) in [6.45, 7) is 6.31. The number of amides is 2. The summed E-state index contributed by atoms with van der Waals surface area (Å²) in [5, 5.41) is 6.72. The molecule has 0 spiro atoms. The van der Waals surface area contributed by atoms with E-state index in [1.54, 1.807) is 0 Å². The van der Waals surface area contributed by atoms with E-state index >= 15 is 0 Å². The molecule has 1 saturated carbocycles. The Labute approximate surface area is 208 Å².